The molecule has 2 heterocycles. The van der Waals surface area contributed by atoms with Crippen LogP contribution in [0.4, 0.5) is 0 Å². The highest BCUT2D eigenvalue weighted by Gasteiger charge is 2.23. The average Bonchev–Trinajstić information content (AvgIpc) is 3.13. The molecule has 2 aromatic rings. The fraction of sp³-hybridized carbons (Fsp3) is 0.526. The Labute approximate surface area is 160 Å². The maximum absolute atomic E-state index is 12.3. The molecule has 142 valence electrons. The largest absolute Gasteiger partial charge is 0.346 e. The van der Waals surface area contributed by atoms with Crippen LogP contribution in [0.2, 0.25) is 0 Å². The van der Waals surface area contributed by atoms with E-state index >= 15 is 0 Å². The number of rotatable bonds is 6. The number of nitrogens with zero attached hydrogens (tertiary/aromatic N) is 2. The van der Waals surface area contributed by atoms with E-state index in [4.69, 9.17) is 4.52 Å². The third-order valence-corrected chi connectivity index (χ3v) is 4.87. The fourth-order valence-corrected chi connectivity index (χ4v) is 3.30. The molecular formula is C19H27ClN4O2. The molecule has 3 unspecified atom stereocenters. The van der Waals surface area contributed by atoms with Crippen molar-refractivity contribution in [2.24, 2.45) is 11.8 Å². The summed E-state index contributed by atoms with van der Waals surface area (Å²) >= 11 is 0. The lowest BCUT2D eigenvalue weighted by molar-refractivity contribution is -0.123. The van der Waals surface area contributed by atoms with Crippen molar-refractivity contribution in [3.63, 3.8) is 0 Å². The van der Waals surface area contributed by atoms with Crippen molar-refractivity contribution in [3.8, 4) is 11.5 Å². The van der Waals surface area contributed by atoms with Crippen LogP contribution in [0.1, 0.15) is 45.0 Å². The Balaban J connectivity index is 0.00000243. The highest BCUT2D eigenvalue weighted by Crippen LogP contribution is 2.23. The Morgan fingerprint density at radius 2 is 2.12 bits per heavy atom. The standard InChI is InChI=1S/C19H26N4O2.ClH/c1-13(16-9-6-10-20-12-16)11-17(24)21-14(2)18-22-19(25-23-18)15-7-4-3-5-8-15;/h3-5,7-8,13-14,16,20H,6,9-12H2,1-2H3,(H,21,24);1H. The molecule has 3 rings (SSSR count). The Hall–Kier alpha value is -1.92. The minimum Gasteiger partial charge on any atom is -0.346 e. The molecule has 26 heavy (non-hydrogen) atoms. The molecule has 0 aliphatic carbocycles. The maximum Gasteiger partial charge on any atom is 0.257 e. The molecule has 0 radical (unpaired) electrons. The third kappa shape index (κ3) is 5.29. The van der Waals surface area contributed by atoms with Crippen molar-refractivity contribution in [2.45, 2.75) is 39.2 Å². The summed E-state index contributed by atoms with van der Waals surface area (Å²) in [5, 5.41) is 10.4. The number of hydrogen-bond donors (Lipinski definition) is 2. The fourth-order valence-electron chi connectivity index (χ4n) is 3.30. The molecule has 1 fully saturated rings. The van der Waals surface area contributed by atoms with E-state index < -0.39 is 0 Å². The summed E-state index contributed by atoms with van der Waals surface area (Å²) in [7, 11) is 0. The van der Waals surface area contributed by atoms with Crippen LogP contribution >= 0.6 is 12.4 Å². The number of aromatic nitrogens is 2. The summed E-state index contributed by atoms with van der Waals surface area (Å²) in [6.07, 6.45) is 2.92. The van der Waals surface area contributed by atoms with Crippen molar-refractivity contribution in [1.29, 1.82) is 0 Å². The van der Waals surface area contributed by atoms with Gasteiger partial charge in [-0.25, -0.2) is 0 Å². The minimum absolute atomic E-state index is 0. The summed E-state index contributed by atoms with van der Waals surface area (Å²) in [4.78, 5) is 16.7. The second-order valence-corrected chi connectivity index (χ2v) is 6.90. The van der Waals surface area contributed by atoms with Crippen molar-refractivity contribution < 1.29 is 9.32 Å². The van der Waals surface area contributed by atoms with E-state index in [0.29, 0.717) is 30.0 Å². The van der Waals surface area contributed by atoms with Crippen LogP contribution in [0, 0.1) is 11.8 Å². The first-order valence-corrected chi connectivity index (χ1v) is 9.02. The Morgan fingerprint density at radius 3 is 2.81 bits per heavy atom. The summed E-state index contributed by atoms with van der Waals surface area (Å²) in [5.74, 6) is 1.95. The first-order chi connectivity index (χ1) is 12.1. The van der Waals surface area contributed by atoms with Crippen molar-refractivity contribution in [2.75, 3.05) is 13.1 Å². The molecule has 1 amide bonds. The first kappa shape index (κ1) is 20.4. The number of piperidine rings is 1. The van der Waals surface area contributed by atoms with Gasteiger partial charge in [-0.2, -0.15) is 4.98 Å². The molecule has 1 saturated heterocycles. The van der Waals surface area contributed by atoms with Gasteiger partial charge in [0.25, 0.3) is 5.89 Å². The molecule has 1 aromatic carbocycles. The van der Waals surface area contributed by atoms with E-state index in [9.17, 15) is 4.79 Å². The number of amides is 1. The van der Waals surface area contributed by atoms with Gasteiger partial charge in [-0.1, -0.05) is 30.3 Å². The number of halogens is 1. The third-order valence-electron chi connectivity index (χ3n) is 4.87. The normalized spacial score (nSPS) is 19.2. The van der Waals surface area contributed by atoms with Gasteiger partial charge >= 0.3 is 0 Å². The molecule has 2 N–H and O–H groups in total. The molecule has 0 bridgehead atoms. The molecule has 0 spiro atoms. The van der Waals surface area contributed by atoms with Gasteiger partial charge in [0.05, 0.1) is 6.04 Å². The van der Waals surface area contributed by atoms with Gasteiger partial charge in [0, 0.05) is 12.0 Å². The van der Waals surface area contributed by atoms with Crippen LogP contribution in [0.5, 0.6) is 0 Å². The summed E-state index contributed by atoms with van der Waals surface area (Å²) < 4.78 is 5.31. The van der Waals surface area contributed by atoms with Crippen LogP contribution in [0.15, 0.2) is 34.9 Å². The van der Waals surface area contributed by atoms with Gasteiger partial charge in [0.2, 0.25) is 5.91 Å². The van der Waals surface area contributed by atoms with E-state index in [1.165, 1.54) is 12.8 Å². The number of hydrogen-bond acceptors (Lipinski definition) is 5. The van der Waals surface area contributed by atoms with Gasteiger partial charge < -0.3 is 15.2 Å². The molecule has 3 atom stereocenters. The minimum atomic E-state index is -0.273. The lowest BCUT2D eigenvalue weighted by atomic mass is 9.85. The number of carbonyl (C=O) groups excluding carboxylic acids is 1. The van der Waals surface area contributed by atoms with E-state index in [1.807, 2.05) is 37.3 Å². The second kappa shape index (κ2) is 9.69. The lowest BCUT2D eigenvalue weighted by Crippen LogP contribution is -2.36. The predicted molar refractivity (Wildman–Crippen MR) is 103 cm³/mol. The van der Waals surface area contributed by atoms with Crippen LogP contribution in [-0.2, 0) is 4.79 Å². The van der Waals surface area contributed by atoms with Crippen LogP contribution in [0.3, 0.4) is 0 Å². The SMILES string of the molecule is CC(NC(=O)CC(C)C1CCCNC1)c1noc(-c2ccccc2)n1.Cl. The van der Waals surface area contributed by atoms with Crippen molar-refractivity contribution in [1.82, 2.24) is 20.8 Å². The summed E-state index contributed by atoms with van der Waals surface area (Å²) in [6.45, 7) is 6.14. The highest BCUT2D eigenvalue weighted by molar-refractivity contribution is 5.85. The summed E-state index contributed by atoms with van der Waals surface area (Å²) in [6, 6.07) is 9.34. The monoisotopic (exact) mass is 378 g/mol. The van der Waals surface area contributed by atoms with Crippen LogP contribution < -0.4 is 10.6 Å². The predicted octanol–water partition coefficient (Wildman–Crippen LogP) is 3.36. The van der Waals surface area contributed by atoms with Crippen molar-refractivity contribution in [3.05, 3.63) is 36.2 Å². The molecule has 7 heteroatoms. The number of nitrogens with one attached hydrogen (secondary N) is 2. The zero-order valence-corrected chi connectivity index (χ0v) is 16.1. The highest BCUT2D eigenvalue weighted by atomic mass is 35.5. The lowest BCUT2D eigenvalue weighted by Gasteiger charge is -2.28. The maximum atomic E-state index is 12.3. The van der Waals surface area contributed by atoms with Crippen molar-refractivity contribution >= 4 is 18.3 Å². The van der Waals surface area contributed by atoms with E-state index in [0.717, 1.165) is 18.7 Å². The molecule has 1 aliphatic heterocycles. The number of carbonyl (C=O) groups is 1. The van der Waals surface area contributed by atoms with Gasteiger partial charge in [-0.3, -0.25) is 4.79 Å². The molecule has 1 aromatic heterocycles. The Bertz CT molecular complexity index is 686. The van der Waals surface area contributed by atoms with E-state index in [1.54, 1.807) is 0 Å². The van der Waals surface area contributed by atoms with Gasteiger partial charge in [-0.15, -0.1) is 12.4 Å². The molecular weight excluding hydrogens is 352 g/mol. The quantitative estimate of drug-likeness (QED) is 0.805. The van der Waals surface area contributed by atoms with E-state index in [-0.39, 0.29) is 24.4 Å². The number of benzene rings is 1. The zero-order chi connectivity index (χ0) is 17.6. The average molecular weight is 379 g/mol. The molecule has 0 saturated carbocycles. The first-order valence-electron chi connectivity index (χ1n) is 9.02. The van der Waals surface area contributed by atoms with Gasteiger partial charge in [0.1, 0.15) is 0 Å². The Morgan fingerprint density at radius 1 is 1.35 bits per heavy atom. The molecule has 6 nitrogen and oxygen atoms in total. The topological polar surface area (TPSA) is 80.0 Å². The summed E-state index contributed by atoms with van der Waals surface area (Å²) in [5.41, 5.74) is 0.873. The second-order valence-electron chi connectivity index (χ2n) is 6.90. The molecule has 1 aliphatic rings. The Kier molecular flexibility index (Phi) is 7.60. The van der Waals surface area contributed by atoms with E-state index in [2.05, 4.69) is 27.7 Å². The van der Waals surface area contributed by atoms with Crippen LogP contribution in [0.25, 0.3) is 11.5 Å². The zero-order valence-electron chi connectivity index (χ0n) is 15.3. The smallest absolute Gasteiger partial charge is 0.257 e. The van der Waals surface area contributed by atoms with Gasteiger partial charge in [0.15, 0.2) is 5.82 Å². The van der Waals surface area contributed by atoms with Crippen LogP contribution in [-0.4, -0.2) is 29.1 Å². The van der Waals surface area contributed by atoms with Gasteiger partial charge in [-0.05, 0) is 56.8 Å².